The Morgan fingerprint density at radius 3 is 2.39 bits per heavy atom. The monoisotopic (exact) mass is 324 g/mol. The molecule has 2 aromatic rings. The Morgan fingerprint density at radius 2 is 1.78 bits per heavy atom. The van der Waals surface area contributed by atoms with Crippen LogP contribution in [0.3, 0.4) is 0 Å². The third kappa shape index (κ3) is 3.24. The molecule has 0 aliphatic rings. The van der Waals surface area contributed by atoms with E-state index in [9.17, 15) is 10.1 Å². The SMILES string of the molecule is Nc1cc(Sc2ccc(Br)cc2)cc([N+](=O)[O-])c1. The summed E-state index contributed by atoms with van der Waals surface area (Å²) in [6.07, 6.45) is 0. The highest BCUT2D eigenvalue weighted by molar-refractivity contribution is 9.10. The largest absolute Gasteiger partial charge is 0.398 e. The van der Waals surface area contributed by atoms with Crippen molar-refractivity contribution in [2.75, 3.05) is 5.73 Å². The van der Waals surface area contributed by atoms with Gasteiger partial charge in [-0.2, -0.15) is 0 Å². The van der Waals surface area contributed by atoms with E-state index in [1.165, 1.54) is 23.9 Å². The van der Waals surface area contributed by atoms with E-state index in [0.29, 0.717) is 5.69 Å². The van der Waals surface area contributed by atoms with E-state index in [1.807, 2.05) is 24.3 Å². The molecule has 92 valence electrons. The molecule has 0 radical (unpaired) electrons. The molecule has 0 unspecified atom stereocenters. The van der Waals surface area contributed by atoms with Gasteiger partial charge in [0.25, 0.3) is 5.69 Å². The van der Waals surface area contributed by atoms with E-state index in [-0.39, 0.29) is 5.69 Å². The first-order valence-electron chi connectivity index (χ1n) is 5.03. The molecule has 0 amide bonds. The number of nitro groups is 1. The number of nitrogens with zero attached hydrogens (tertiary/aromatic N) is 1. The first-order chi connectivity index (χ1) is 8.54. The molecule has 0 aliphatic heterocycles. The van der Waals surface area contributed by atoms with Gasteiger partial charge in [-0.1, -0.05) is 27.7 Å². The summed E-state index contributed by atoms with van der Waals surface area (Å²) in [5, 5.41) is 10.7. The van der Waals surface area contributed by atoms with Crippen molar-refractivity contribution in [3.8, 4) is 0 Å². The molecule has 4 nitrogen and oxygen atoms in total. The zero-order valence-corrected chi connectivity index (χ0v) is 11.6. The summed E-state index contributed by atoms with van der Waals surface area (Å²) in [6, 6.07) is 12.3. The fourth-order valence-electron chi connectivity index (χ4n) is 1.41. The van der Waals surface area contributed by atoms with E-state index in [4.69, 9.17) is 5.73 Å². The van der Waals surface area contributed by atoms with E-state index in [1.54, 1.807) is 6.07 Å². The van der Waals surface area contributed by atoms with Crippen molar-refractivity contribution in [1.29, 1.82) is 0 Å². The van der Waals surface area contributed by atoms with Crippen LogP contribution in [0.15, 0.2) is 56.7 Å². The maximum atomic E-state index is 10.7. The van der Waals surface area contributed by atoms with Gasteiger partial charge in [-0.05, 0) is 30.3 Å². The Bertz CT molecular complexity index is 587. The lowest BCUT2D eigenvalue weighted by atomic mass is 10.3. The minimum atomic E-state index is -0.442. The second-order valence-corrected chi connectivity index (χ2v) is 5.64. The molecular formula is C12H9BrN2O2S. The highest BCUT2D eigenvalue weighted by atomic mass is 79.9. The van der Waals surface area contributed by atoms with Gasteiger partial charge in [-0.3, -0.25) is 10.1 Å². The Hall–Kier alpha value is -1.53. The lowest BCUT2D eigenvalue weighted by molar-refractivity contribution is -0.385. The molecule has 2 N–H and O–H groups in total. The number of rotatable bonds is 3. The Balaban J connectivity index is 2.28. The highest BCUT2D eigenvalue weighted by Gasteiger charge is 2.09. The number of nitrogen functional groups attached to an aromatic ring is 1. The van der Waals surface area contributed by atoms with Gasteiger partial charge in [0, 0.05) is 32.1 Å². The molecule has 0 aliphatic carbocycles. The Labute approximate surface area is 116 Å². The molecule has 0 fully saturated rings. The van der Waals surface area contributed by atoms with Crippen LogP contribution in [-0.4, -0.2) is 4.92 Å². The molecule has 0 spiro atoms. The van der Waals surface area contributed by atoms with Crippen LogP contribution in [0.1, 0.15) is 0 Å². The van der Waals surface area contributed by atoms with Crippen LogP contribution in [0.2, 0.25) is 0 Å². The molecule has 0 saturated carbocycles. The van der Waals surface area contributed by atoms with Gasteiger partial charge in [0.1, 0.15) is 0 Å². The molecule has 0 saturated heterocycles. The summed E-state index contributed by atoms with van der Waals surface area (Å²) in [5.41, 5.74) is 6.05. The minimum Gasteiger partial charge on any atom is -0.398 e. The molecule has 18 heavy (non-hydrogen) atoms. The van der Waals surface area contributed by atoms with E-state index in [0.717, 1.165) is 14.3 Å². The van der Waals surface area contributed by atoms with Gasteiger partial charge >= 0.3 is 0 Å². The van der Waals surface area contributed by atoms with Crippen LogP contribution in [0.5, 0.6) is 0 Å². The van der Waals surface area contributed by atoms with Crippen LogP contribution in [0.25, 0.3) is 0 Å². The van der Waals surface area contributed by atoms with Crippen molar-refractivity contribution in [2.45, 2.75) is 9.79 Å². The first kappa shape index (κ1) is 12.9. The van der Waals surface area contributed by atoms with Crippen molar-refractivity contribution in [3.05, 3.63) is 57.1 Å². The fourth-order valence-corrected chi connectivity index (χ4v) is 2.59. The number of nitrogens with two attached hydrogens (primary N) is 1. The standard InChI is InChI=1S/C12H9BrN2O2S/c13-8-1-3-11(4-2-8)18-12-6-9(14)5-10(7-12)15(16)17/h1-7H,14H2. The van der Waals surface area contributed by atoms with Crippen molar-refractivity contribution in [1.82, 2.24) is 0 Å². The number of benzene rings is 2. The van der Waals surface area contributed by atoms with Crippen LogP contribution in [-0.2, 0) is 0 Å². The molecule has 2 rings (SSSR count). The predicted octanol–water partition coefficient (Wildman–Crippen LogP) is 4.09. The molecule has 6 heteroatoms. The van der Waals surface area contributed by atoms with E-state index < -0.39 is 4.92 Å². The summed E-state index contributed by atoms with van der Waals surface area (Å²) < 4.78 is 0.991. The number of hydrogen-bond donors (Lipinski definition) is 1. The van der Waals surface area contributed by atoms with Crippen molar-refractivity contribution in [2.24, 2.45) is 0 Å². The molecule has 2 aromatic carbocycles. The lowest BCUT2D eigenvalue weighted by Gasteiger charge is -2.03. The number of hydrogen-bond acceptors (Lipinski definition) is 4. The second-order valence-electron chi connectivity index (χ2n) is 3.57. The second kappa shape index (κ2) is 5.41. The summed E-state index contributed by atoms with van der Waals surface area (Å²) >= 11 is 4.79. The average molecular weight is 325 g/mol. The maximum Gasteiger partial charge on any atom is 0.272 e. The summed E-state index contributed by atoms with van der Waals surface area (Å²) in [5.74, 6) is 0. The minimum absolute atomic E-state index is 0.00890. The number of non-ortho nitro benzene ring substituents is 1. The zero-order chi connectivity index (χ0) is 13.1. The average Bonchev–Trinajstić information content (AvgIpc) is 2.31. The predicted molar refractivity (Wildman–Crippen MR) is 75.8 cm³/mol. The maximum absolute atomic E-state index is 10.7. The van der Waals surface area contributed by atoms with Crippen LogP contribution >= 0.6 is 27.7 Å². The summed E-state index contributed by atoms with van der Waals surface area (Å²) in [4.78, 5) is 12.0. The number of anilines is 1. The summed E-state index contributed by atoms with van der Waals surface area (Å²) in [7, 11) is 0. The topological polar surface area (TPSA) is 69.2 Å². The molecule has 0 aromatic heterocycles. The Kier molecular flexibility index (Phi) is 3.88. The van der Waals surface area contributed by atoms with Gasteiger partial charge in [-0.15, -0.1) is 0 Å². The van der Waals surface area contributed by atoms with Crippen LogP contribution < -0.4 is 5.73 Å². The fraction of sp³-hybridized carbons (Fsp3) is 0. The third-order valence-corrected chi connectivity index (χ3v) is 3.68. The third-order valence-electron chi connectivity index (χ3n) is 2.17. The zero-order valence-electron chi connectivity index (χ0n) is 9.17. The Morgan fingerprint density at radius 1 is 1.11 bits per heavy atom. The molecule has 0 heterocycles. The van der Waals surface area contributed by atoms with E-state index >= 15 is 0 Å². The van der Waals surface area contributed by atoms with Crippen LogP contribution in [0.4, 0.5) is 11.4 Å². The van der Waals surface area contributed by atoms with Gasteiger partial charge in [0.2, 0.25) is 0 Å². The highest BCUT2D eigenvalue weighted by Crippen LogP contribution is 2.32. The molecular weight excluding hydrogens is 316 g/mol. The normalized spacial score (nSPS) is 10.3. The first-order valence-corrected chi connectivity index (χ1v) is 6.64. The molecule has 0 bridgehead atoms. The smallest absolute Gasteiger partial charge is 0.272 e. The van der Waals surface area contributed by atoms with Gasteiger partial charge in [0.15, 0.2) is 0 Å². The van der Waals surface area contributed by atoms with Crippen molar-refractivity contribution >= 4 is 39.1 Å². The molecule has 0 atom stereocenters. The van der Waals surface area contributed by atoms with Gasteiger partial charge < -0.3 is 5.73 Å². The summed E-state index contributed by atoms with van der Waals surface area (Å²) in [6.45, 7) is 0. The van der Waals surface area contributed by atoms with Gasteiger partial charge in [-0.25, -0.2) is 0 Å². The van der Waals surface area contributed by atoms with Gasteiger partial charge in [0.05, 0.1) is 4.92 Å². The number of nitro benzene ring substituents is 1. The van der Waals surface area contributed by atoms with E-state index in [2.05, 4.69) is 15.9 Å². The van der Waals surface area contributed by atoms with Crippen LogP contribution in [0, 0.1) is 10.1 Å². The number of halogens is 1. The lowest BCUT2D eigenvalue weighted by Crippen LogP contribution is -1.92. The quantitative estimate of drug-likeness (QED) is 0.524. The van der Waals surface area contributed by atoms with Crippen molar-refractivity contribution < 1.29 is 4.92 Å². The van der Waals surface area contributed by atoms with Crippen molar-refractivity contribution in [3.63, 3.8) is 0 Å².